The van der Waals surface area contributed by atoms with E-state index in [1.807, 2.05) is 13.1 Å². The van der Waals surface area contributed by atoms with Crippen LogP contribution in [0.3, 0.4) is 0 Å². The van der Waals surface area contributed by atoms with Crippen molar-refractivity contribution < 1.29 is 4.74 Å². The van der Waals surface area contributed by atoms with Crippen LogP contribution in [-0.2, 0) is 11.8 Å². The van der Waals surface area contributed by atoms with Gasteiger partial charge in [0.15, 0.2) is 5.11 Å². The Bertz CT molecular complexity index is 299. The Kier molecular flexibility index (Phi) is 4.34. The molecule has 0 bridgehead atoms. The van der Waals surface area contributed by atoms with Gasteiger partial charge < -0.3 is 15.4 Å². The van der Waals surface area contributed by atoms with Crippen molar-refractivity contribution in [3.63, 3.8) is 0 Å². The molecule has 0 aliphatic carbocycles. The van der Waals surface area contributed by atoms with Gasteiger partial charge in [-0.15, -0.1) is 0 Å². The summed E-state index contributed by atoms with van der Waals surface area (Å²) in [4.78, 5) is 0. The van der Waals surface area contributed by atoms with Crippen LogP contribution in [0, 0.1) is 0 Å². The molecule has 0 amide bonds. The minimum Gasteiger partial charge on any atom is -0.383 e. The molecule has 0 aliphatic rings. The van der Waals surface area contributed by atoms with Gasteiger partial charge in [0.2, 0.25) is 0 Å². The van der Waals surface area contributed by atoms with E-state index < -0.39 is 0 Å². The second-order valence-corrected chi connectivity index (χ2v) is 3.12. The lowest BCUT2D eigenvalue weighted by atomic mass is 10.6. The van der Waals surface area contributed by atoms with Crippen molar-refractivity contribution in [2.75, 3.05) is 25.6 Å². The zero-order valence-corrected chi connectivity index (χ0v) is 9.10. The fourth-order valence-electron chi connectivity index (χ4n) is 0.924. The second kappa shape index (κ2) is 5.56. The summed E-state index contributed by atoms with van der Waals surface area (Å²) in [5.41, 5.74) is 0. The fraction of sp³-hybridized carbons (Fsp3) is 0.500. The van der Waals surface area contributed by atoms with Crippen LogP contribution in [0.2, 0.25) is 0 Å². The molecule has 14 heavy (non-hydrogen) atoms. The van der Waals surface area contributed by atoms with Crippen molar-refractivity contribution in [3.05, 3.63) is 12.3 Å². The number of hydrogen-bond donors (Lipinski definition) is 2. The Hall–Kier alpha value is -1.14. The van der Waals surface area contributed by atoms with E-state index >= 15 is 0 Å². The highest BCUT2D eigenvalue weighted by molar-refractivity contribution is 7.80. The fourth-order valence-corrected chi connectivity index (χ4v) is 1.13. The van der Waals surface area contributed by atoms with Crippen LogP contribution < -0.4 is 10.6 Å². The smallest absolute Gasteiger partial charge is 0.172 e. The topological polar surface area (TPSA) is 51.1 Å². The molecule has 1 rings (SSSR count). The molecule has 0 saturated heterocycles. The van der Waals surface area contributed by atoms with Crippen molar-refractivity contribution in [3.8, 4) is 0 Å². The third-order valence-corrected chi connectivity index (χ3v) is 1.90. The molecule has 1 aromatic rings. The van der Waals surface area contributed by atoms with Crippen molar-refractivity contribution in [1.29, 1.82) is 0 Å². The van der Waals surface area contributed by atoms with Gasteiger partial charge >= 0.3 is 0 Å². The number of hydrogen-bond acceptors (Lipinski definition) is 3. The summed E-state index contributed by atoms with van der Waals surface area (Å²) < 4.78 is 6.60. The molecule has 0 aliphatic heterocycles. The largest absolute Gasteiger partial charge is 0.383 e. The summed E-state index contributed by atoms with van der Waals surface area (Å²) in [6.45, 7) is 1.33. The van der Waals surface area contributed by atoms with Crippen LogP contribution in [0.5, 0.6) is 0 Å². The molecule has 0 radical (unpaired) electrons. The number of ether oxygens (including phenoxy) is 1. The highest BCUT2D eigenvalue weighted by Crippen LogP contribution is 2.02. The van der Waals surface area contributed by atoms with Gasteiger partial charge in [-0.25, -0.2) is 0 Å². The third-order valence-electron chi connectivity index (χ3n) is 1.65. The highest BCUT2D eigenvalue weighted by atomic mass is 32.1. The number of anilines is 1. The monoisotopic (exact) mass is 214 g/mol. The summed E-state index contributed by atoms with van der Waals surface area (Å²) in [7, 11) is 3.50. The van der Waals surface area contributed by atoms with Crippen LogP contribution in [0.4, 0.5) is 5.82 Å². The Morgan fingerprint density at radius 3 is 3.07 bits per heavy atom. The zero-order chi connectivity index (χ0) is 10.4. The van der Waals surface area contributed by atoms with E-state index in [4.69, 9.17) is 17.0 Å². The molecule has 5 nitrogen and oxygen atoms in total. The van der Waals surface area contributed by atoms with E-state index in [1.54, 1.807) is 18.0 Å². The highest BCUT2D eigenvalue weighted by Gasteiger charge is 1.99. The predicted octanol–water partition coefficient (Wildman–Crippen LogP) is 0.353. The summed E-state index contributed by atoms with van der Waals surface area (Å²) in [5.74, 6) is 0.861. The predicted molar refractivity (Wildman–Crippen MR) is 59.3 cm³/mol. The van der Waals surface area contributed by atoms with Crippen LogP contribution in [0.25, 0.3) is 0 Å². The maximum Gasteiger partial charge on any atom is 0.172 e. The lowest BCUT2D eigenvalue weighted by Gasteiger charge is -2.09. The van der Waals surface area contributed by atoms with Gasteiger partial charge in [-0.05, 0) is 12.2 Å². The van der Waals surface area contributed by atoms with E-state index in [2.05, 4.69) is 15.7 Å². The average Bonchev–Trinajstić information content (AvgIpc) is 2.52. The maximum atomic E-state index is 5.06. The summed E-state index contributed by atoms with van der Waals surface area (Å²) in [5, 5.41) is 10.6. The molecule has 1 aromatic heterocycles. The molecule has 2 N–H and O–H groups in total. The minimum absolute atomic E-state index is 0.575. The van der Waals surface area contributed by atoms with Crippen molar-refractivity contribution in [2.45, 2.75) is 0 Å². The third kappa shape index (κ3) is 3.31. The van der Waals surface area contributed by atoms with E-state index in [9.17, 15) is 0 Å². The van der Waals surface area contributed by atoms with Crippen LogP contribution in [-0.4, -0.2) is 35.2 Å². The molecular weight excluding hydrogens is 200 g/mol. The average molecular weight is 214 g/mol. The first-order valence-corrected chi connectivity index (χ1v) is 4.66. The van der Waals surface area contributed by atoms with Crippen molar-refractivity contribution >= 4 is 23.1 Å². The normalized spacial score (nSPS) is 9.86. The number of rotatable bonds is 4. The first-order chi connectivity index (χ1) is 6.74. The van der Waals surface area contributed by atoms with Gasteiger partial charge in [0, 0.05) is 26.8 Å². The van der Waals surface area contributed by atoms with Gasteiger partial charge in [0.05, 0.1) is 12.8 Å². The van der Waals surface area contributed by atoms with Crippen LogP contribution >= 0.6 is 12.2 Å². The van der Waals surface area contributed by atoms with Crippen molar-refractivity contribution in [2.24, 2.45) is 7.05 Å². The van der Waals surface area contributed by atoms with Crippen molar-refractivity contribution in [1.82, 2.24) is 15.1 Å². The van der Waals surface area contributed by atoms with E-state index in [0.717, 1.165) is 5.82 Å². The van der Waals surface area contributed by atoms with E-state index in [-0.39, 0.29) is 0 Å². The van der Waals surface area contributed by atoms with Gasteiger partial charge in [0.1, 0.15) is 5.82 Å². The maximum absolute atomic E-state index is 5.06. The quantitative estimate of drug-likeness (QED) is 0.559. The van der Waals surface area contributed by atoms with Crippen LogP contribution in [0.15, 0.2) is 12.3 Å². The zero-order valence-electron chi connectivity index (χ0n) is 8.28. The molecule has 0 unspecified atom stereocenters. The lowest BCUT2D eigenvalue weighted by molar-refractivity contribution is 0.204. The molecule has 0 fully saturated rings. The SMILES string of the molecule is COCCNC(=S)Nc1ccnn1C. The molecule has 1 heterocycles. The van der Waals surface area contributed by atoms with Gasteiger partial charge in [0.25, 0.3) is 0 Å². The van der Waals surface area contributed by atoms with E-state index in [0.29, 0.717) is 18.3 Å². The Morgan fingerprint density at radius 1 is 1.71 bits per heavy atom. The first kappa shape index (κ1) is 10.9. The molecule has 0 spiro atoms. The molecule has 0 aromatic carbocycles. The Labute approximate surface area is 88.4 Å². The lowest BCUT2D eigenvalue weighted by Crippen LogP contribution is -2.31. The van der Waals surface area contributed by atoms with Gasteiger partial charge in [-0.2, -0.15) is 5.10 Å². The molecule has 0 atom stereocenters. The molecular formula is C8H14N4OS. The van der Waals surface area contributed by atoms with Crippen LogP contribution in [0.1, 0.15) is 0 Å². The second-order valence-electron chi connectivity index (χ2n) is 2.71. The Morgan fingerprint density at radius 2 is 2.50 bits per heavy atom. The molecule has 78 valence electrons. The molecule has 0 saturated carbocycles. The molecule has 6 heteroatoms. The number of methoxy groups -OCH3 is 1. The number of aryl methyl sites for hydroxylation is 1. The summed E-state index contributed by atoms with van der Waals surface area (Å²) >= 11 is 5.06. The summed E-state index contributed by atoms with van der Waals surface area (Å²) in [6, 6.07) is 1.85. The number of nitrogens with one attached hydrogen (secondary N) is 2. The van der Waals surface area contributed by atoms with E-state index in [1.165, 1.54) is 0 Å². The van der Waals surface area contributed by atoms with Gasteiger partial charge in [-0.3, -0.25) is 4.68 Å². The Balaban J connectivity index is 2.31. The minimum atomic E-state index is 0.575. The summed E-state index contributed by atoms with van der Waals surface area (Å²) in [6.07, 6.45) is 1.71. The number of thiocarbonyl (C=S) groups is 1. The number of nitrogens with zero attached hydrogens (tertiary/aromatic N) is 2. The number of aromatic nitrogens is 2. The first-order valence-electron chi connectivity index (χ1n) is 4.26. The van der Waals surface area contributed by atoms with Gasteiger partial charge in [-0.1, -0.05) is 0 Å². The standard InChI is InChI=1S/C8H14N4OS/c1-12-7(3-4-10-12)11-8(14)9-5-6-13-2/h3-4H,5-6H2,1-2H3,(H2,9,11,14).